The molecule has 29 heavy (non-hydrogen) atoms. The molecule has 0 unspecified atom stereocenters. The van der Waals surface area contributed by atoms with E-state index in [9.17, 15) is 0 Å². The van der Waals surface area contributed by atoms with Crippen LogP contribution in [0.3, 0.4) is 0 Å². The summed E-state index contributed by atoms with van der Waals surface area (Å²) in [7, 11) is 3.23. The van der Waals surface area contributed by atoms with E-state index in [0.717, 1.165) is 27.9 Å². The Morgan fingerprint density at radius 3 is 2.24 bits per heavy atom. The first kappa shape index (κ1) is 18.4. The highest BCUT2D eigenvalue weighted by Gasteiger charge is 2.08. The first-order valence-electron chi connectivity index (χ1n) is 9.07. The van der Waals surface area contributed by atoms with Gasteiger partial charge in [-0.3, -0.25) is 0 Å². The third-order valence-electron chi connectivity index (χ3n) is 4.50. The zero-order valence-corrected chi connectivity index (χ0v) is 16.2. The minimum Gasteiger partial charge on any atom is -0.497 e. The van der Waals surface area contributed by atoms with Gasteiger partial charge in [-0.25, -0.2) is 4.98 Å². The van der Waals surface area contributed by atoms with Gasteiger partial charge in [-0.15, -0.1) is 0 Å². The van der Waals surface area contributed by atoms with Crippen molar-refractivity contribution in [3.8, 4) is 23.0 Å². The predicted molar refractivity (Wildman–Crippen MR) is 116 cm³/mol. The lowest BCUT2D eigenvalue weighted by molar-refractivity contribution is 0.395. The number of pyridine rings is 1. The molecule has 0 saturated carbocycles. The molecular formula is C23H21N3O3. The molecule has 0 saturated heterocycles. The topological polar surface area (TPSA) is 78.6 Å². The van der Waals surface area contributed by atoms with Gasteiger partial charge in [0.1, 0.15) is 28.8 Å². The average molecular weight is 387 g/mol. The Kier molecular flexibility index (Phi) is 5.07. The first-order chi connectivity index (χ1) is 14.2. The van der Waals surface area contributed by atoms with Crippen molar-refractivity contribution in [3.63, 3.8) is 0 Å². The van der Waals surface area contributed by atoms with Crippen LogP contribution in [-0.2, 0) is 0 Å². The fourth-order valence-corrected chi connectivity index (χ4v) is 3.08. The molecule has 1 heterocycles. The molecule has 0 aliphatic carbocycles. The molecule has 0 atom stereocenters. The number of nitrogens with one attached hydrogen (secondary N) is 1. The molecule has 3 aromatic carbocycles. The van der Waals surface area contributed by atoms with Crippen LogP contribution >= 0.6 is 0 Å². The Hall–Kier alpha value is -3.93. The van der Waals surface area contributed by atoms with E-state index in [1.54, 1.807) is 20.4 Å². The van der Waals surface area contributed by atoms with Crippen LogP contribution in [0.4, 0.5) is 17.2 Å². The lowest BCUT2D eigenvalue weighted by atomic mass is 10.1. The number of hydrogen-bond acceptors (Lipinski definition) is 6. The van der Waals surface area contributed by atoms with Gasteiger partial charge >= 0.3 is 0 Å². The van der Waals surface area contributed by atoms with E-state index in [1.165, 1.54) is 0 Å². The van der Waals surface area contributed by atoms with Gasteiger partial charge in [0, 0.05) is 52.6 Å². The summed E-state index contributed by atoms with van der Waals surface area (Å²) in [5.74, 6) is 3.40. The van der Waals surface area contributed by atoms with Gasteiger partial charge in [0.25, 0.3) is 0 Å². The number of rotatable bonds is 6. The monoisotopic (exact) mass is 387 g/mol. The number of anilines is 3. The van der Waals surface area contributed by atoms with Gasteiger partial charge in [0.15, 0.2) is 0 Å². The molecule has 0 radical (unpaired) electrons. The minimum absolute atomic E-state index is 0.637. The second kappa shape index (κ2) is 7.98. The van der Waals surface area contributed by atoms with Crippen LogP contribution in [0, 0.1) is 0 Å². The lowest BCUT2D eigenvalue weighted by Gasteiger charge is -2.13. The molecule has 4 rings (SSSR count). The second-order valence-corrected chi connectivity index (χ2v) is 6.40. The number of aromatic nitrogens is 1. The van der Waals surface area contributed by atoms with Crippen LogP contribution in [0.15, 0.2) is 72.9 Å². The van der Waals surface area contributed by atoms with Gasteiger partial charge < -0.3 is 25.3 Å². The van der Waals surface area contributed by atoms with Crippen LogP contribution in [0.2, 0.25) is 0 Å². The first-order valence-corrected chi connectivity index (χ1v) is 9.07. The largest absolute Gasteiger partial charge is 0.497 e. The summed E-state index contributed by atoms with van der Waals surface area (Å²) in [6.45, 7) is 0. The number of hydrogen-bond donors (Lipinski definition) is 2. The molecule has 0 amide bonds. The van der Waals surface area contributed by atoms with E-state index in [1.807, 2.05) is 66.7 Å². The van der Waals surface area contributed by atoms with Crippen molar-refractivity contribution in [2.45, 2.75) is 0 Å². The maximum absolute atomic E-state index is 6.13. The number of benzene rings is 3. The van der Waals surface area contributed by atoms with Crippen molar-refractivity contribution in [1.82, 2.24) is 4.98 Å². The Balaban J connectivity index is 1.61. The van der Waals surface area contributed by atoms with E-state index in [2.05, 4.69) is 10.3 Å². The number of nitrogens with zero attached hydrogens (tertiary/aromatic N) is 1. The van der Waals surface area contributed by atoms with Crippen molar-refractivity contribution < 1.29 is 14.2 Å². The fourth-order valence-electron chi connectivity index (χ4n) is 3.08. The quantitative estimate of drug-likeness (QED) is 0.433. The Morgan fingerprint density at radius 2 is 1.52 bits per heavy atom. The summed E-state index contributed by atoms with van der Waals surface area (Å²) >= 11 is 0. The molecule has 3 N–H and O–H groups in total. The second-order valence-electron chi connectivity index (χ2n) is 6.40. The third-order valence-corrected chi connectivity index (χ3v) is 4.50. The Morgan fingerprint density at radius 1 is 0.793 bits per heavy atom. The Labute approximate surface area is 168 Å². The minimum atomic E-state index is 0.637. The maximum atomic E-state index is 6.13. The predicted octanol–water partition coefficient (Wildman–Crippen LogP) is 5.37. The summed E-state index contributed by atoms with van der Waals surface area (Å²) in [4.78, 5) is 4.37. The zero-order valence-electron chi connectivity index (χ0n) is 16.2. The van der Waals surface area contributed by atoms with Crippen molar-refractivity contribution in [3.05, 3.63) is 72.9 Å². The molecule has 0 aliphatic rings. The molecule has 0 bridgehead atoms. The van der Waals surface area contributed by atoms with Crippen LogP contribution in [0.1, 0.15) is 0 Å². The average Bonchev–Trinajstić information content (AvgIpc) is 2.76. The van der Waals surface area contributed by atoms with Gasteiger partial charge in [0.05, 0.1) is 14.2 Å². The standard InChI is InChI=1S/C23H21N3O3/c1-27-17-11-15(12-18(13-17)28-2)26-23-14-16(9-10-25-23)29-22-8-7-21(24)19-5-3-4-6-20(19)22/h3-14H,24H2,1-2H3,(H,25,26). The normalized spacial score (nSPS) is 10.6. The fraction of sp³-hybridized carbons (Fsp3) is 0.0870. The number of fused-ring (bicyclic) bond motifs is 1. The van der Waals surface area contributed by atoms with Crippen molar-refractivity contribution in [2.75, 3.05) is 25.3 Å². The molecule has 4 aromatic rings. The SMILES string of the molecule is COc1cc(Nc2cc(Oc3ccc(N)c4ccccc34)ccn2)cc(OC)c1. The number of ether oxygens (including phenoxy) is 3. The summed E-state index contributed by atoms with van der Waals surface area (Å²) in [5, 5.41) is 5.17. The van der Waals surface area contributed by atoms with Crippen LogP contribution < -0.4 is 25.3 Å². The van der Waals surface area contributed by atoms with Crippen molar-refractivity contribution in [1.29, 1.82) is 0 Å². The Bertz CT molecular complexity index is 1140. The third kappa shape index (κ3) is 4.01. The van der Waals surface area contributed by atoms with Gasteiger partial charge in [-0.1, -0.05) is 24.3 Å². The van der Waals surface area contributed by atoms with Crippen molar-refractivity contribution >= 4 is 28.0 Å². The smallest absolute Gasteiger partial charge is 0.135 e. The van der Waals surface area contributed by atoms with E-state index in [4.69, 9.17) is 19.9 Å². The lowest BCUT2D eigenvalue weighted by Crippen LogP contribution is -1.96. The molecule has 1 aromatic heterocycles. The van der Waals surface area contributed by atoms with Gasteiger partial charge in [0.2, 0.25) is 0 Å². The van der Waals surface area contributed by atoms with Gasteiger partial charge in [-0.05, 0) is 18.2 Å². The molecule has 6 heteroatoms. The number of nitrogens with two attached hydrogens (primary N) is 1. The van der Waals surface area contributed by atoms with E-state index in [0.29, 0.717) is 23.1 Å². The van der Waals surface area contributed by atoms with E-state index >= 15 is 0 Å². The van der Waals surface area contributed by atoms with Gasteiger partial charge in [-0.2, -0.15) is 0 Å². The number of nitrogen functional groups attached to an aromatic ring is 1. The molecule has 0 fully saturated rings. The highest BCUT2D eigenvalue weighted by atomic mass is 16.5. The molecule has 0 spiro atoms. The van der Waals surface area contributed by atoms with Crippen LogP contribution in [-0.4, -0.2) is 19.2 Å². The molecule has 6 nitrogen and oxygen atoms in total. The zero-order chi connectivity index (χ0) is 20.2. The number of methoxy groups -OCH3 is 2. The van der Waals surface area contributed by atoms with Crippen LogP contribution in [0.5, 0.6) is 23.0 Å². The highest BCUT2D eigenvalue weighted by Crippen LogP contribution is 2.34. The molecule has 146 valence electrons. The van der Waals surface area contributed by atoms with E-state index < -0.39 is 0 Å². The van der Waals surface area contributed by atoms with E-state index in [-0.39, 0.29) is 0 Å². The van der Waals surface area contributed by atoms with Crippen LogP contribution in [0.25, 0.3) is 10.8 Å². The summed E-state index contributed by atoms with van der Waals surface area (Å²) in [5.41, 5.74) is 7.59. The molecule has 0 aliphatic heterocycles. The van der Waals surface area contributed by atoms with Crippen molar-refractivity contribution in [2.24, 2.45) is 0 Å². The summed E-state index contributed by atoms with van der Waals surface area (Å²) < 4.78 is 16.8. The summed E-state index contributed by atoms with van der Waals surface area (Å²) in [6.07, 6.45) is 1.69. The maximum Gasteiger partial charge on any atom is 0.135 e. The molecular weight excluding hydrogens is 366 g/mol. The summed E-state index contributed by atoms with van der Waals surface area (Å²) in [6, 6.07) is 20.8. The highest BCUT2D eigenvalue weighted by molar-refractivity contribution is 5.97.